The van der Waals surface area contributed by atoms with Gasteiger partial charge in [0, 0.05) is 0 Å². The van der Waals surface area contributed by atoms with E-state index in [2.05, 4.69) is 34.5 Å². The average Bonchev–Trinajstić information content (AvgIpc) is 2.89. The second-order valence-electron chi connectivity index (χ2n) is 6.16. The molecule has 1 heterocycles. The lowest BCUT2D eigenvalue weighted by atomic mass is 10.1. The van der Waals surface area contributed by atoms with Gasteiger partial charge in [-0.05, 0) is 58.9 Å². The molecular weight excluding hydrogens is 455 g/mol. The lowest BCUT2D eigenvalue weighted by Crippen LogP contribution is -2.30. The van der Waals surface area contributed by atoms with Crippen molar-refractivity contribution in [2.24, 2.45) is 0 Å². The third-order valence-electron chi connectivity index (χ3n) is 4.01. The zero-order valence-corrected chi connectivity index (χ0v) is 17.0. The molecule has 0 bridgehead atoms. The molecule has 1 aliphatic rings. The van der Waals surface area contributed by atoms with E-state index in [9.17, 15) is 9.59 Å². The molecule has 0 aliphatic carbocycles. The zero-order valence-electron chi connectivity index (χ0n) is 14.9. The molecule has 3 amide bonds. The van der Waals surface area contributed by atoms with Gasteiger partial charge in [-0.3, -0.25) is 9.69 Å². The maximum absolute atomic E-state index is 12.6. The highest BCUT2D eigenvalue weighted by Gasteiger charge is 2.33. The summed E-state index contributed by atoms with van der Waals surface area (Å²) in [6.45, 7) is 6.28. The number of halogens is 1. The Kier molecular flexibility index (Phi) is 5.95. The van der Waals surface area contributed by atoms with Crippen molar-refractivity contribution in [2.45, 2.75) is 13.5 Å². The number of rotatable bonds is 6. The Morgan fingerprint density at radius 3 is 2.74 bits per heavy atom. The first-order valence-corrected chi connectivity index (χ1v) is 9.49. The second-order valence-corrected chi connectivity index (χ2v) is 7.32. The monoisotopic (exact) mass is 474 g/mol. The molecule has 27 heavy (non-hydrogen) atoms. The van der Waals surface area contributed by atoms with Gasteiger partial charge in [0.2, 0.25) is 0 Å². The van der Waals surface area contributed by atoms with Crippen LogP contribution in [0.2, 0.25) is 0 Å². The number of carbonyl (C=O) groups is 2. The number of carbonyl (C=O) groups excluding carboxylic acids is 2. The van der Waals surface area contributed by atoms with E-state index in [4.69, 9.17) is 4.74 Å². The minimum absolute atomic E-state index is 0.246. The van der Waals surface area contributed by atoms with Crippen molar-refractivity contribution in [3.05, 3.63) is 81.1 Å². The molecule has 0 radical (unpaired) electrons. The fourth-order valence-corrected chi connectivity index (χ4v) is 3.44. The van der Waals surface area contributed by atoms with Gasteiger partial charge in [0.1, 0.15) is 18.1 Å². The number of aryl methyl sites for hydroxylation is 1. The summed E-state index contributed by atoms with van der Waals surface area (Å²) in [5, 5.41) is 2.66. The third kappa shape index (κ3) is 4.57. The van der Waals surface area contributed by atoms with Crippen molar-refractivity contribution in [3.8, 4) is 5.75 Å². The molecule has 0 saturated carbocycles. The van der Waals surface area contributed by atoms with Gasteiger partial charge in [-0.2, -0.15) is 0 Å². The van der Waals surface area contributed by atoms with E-state index in [1.54, 1.807) is 12.2 Å². The van der Waals surface area contributed by atoms with E-state index in [1.807, 2.05) is 49.4 Å². The Morgan fingerprint density at radius 1 is 1.22 bits per heavy atom. The van der Waals surface area contributed by atoms with E-state index in [0.29, 0.717) is 6.61 Å². The van der Waals surface area contributed by atoms with Crippen molar-refractivity contribution in [1.29, 1.82) is 0 Å². The van der Waals surface area contributed by atoms with Crippen LogP contribution in [0.5, 0.6) is 5.75 Å². The van der Waals surface area contributed by atoms with Crippen LogP contribution in [-0.2, 0) is 11.3 Å². The summed E-state index contributed by atoms with van der Waals surface area (Å²) in [6.07, 6.45) is 3.36. The summed E-state index contributed by atoms with van der Waals surface area (Å²) in [5.74, 6) is 0.420. The van der Waals surface area contributed by atoms with Crippen LogP contribution < -0.4 is 10.1 Å². The third-order valence-corrected chi connectivity index (χ3v) is 4.85. The van der Waals surface area contributed by atoms with Gasteiger partial charge in [-0.25, -0.2) is 4.79 Å². The van der Waals surface area contributed by atoms with Crippen LogP contribution in [0.4, 0.5) is 4.79 Å². The minimum atomic E-state index is -0.409. The van der Waals surface area contributed by atoms with Gasteiger partial charge in [0.05, 0.1) is 10.1 Å². The van der Waals surface area contributed by atoms with Crippen molar-refractivity contribution in [3.63, 3.8) is 0 Å². The summed E-state index contributed by atoms with van der Waals surface area (Å²) < 4.78 is 6.47. The standard InChI is InChI=1S/C21H19IN2O3/c1-3-9-27-19-8-7-15(11-17(19)22)12-18-20(25)24(21(26)23-18)13-16-6-4-5-14(2)10-16/h3-8,10-12H,1,9,13H2,2H3,(H,23,26)/b18-12+. The Labute approximate surface area is 171 Å². The van der Waals surface area contributed by atoms with E-state index >= 15 is 0 Å². The molecule has 0 atom stereocenters. The Morgan fingerprint density at radius 2 is 2.04 bits per heavy atom. The molecule has 3 rings (SSSR count). The Balaban J connectivity index is 1.77. The first-order valence-electron chi connectivity index (χ1n) is 8.41. The summed E-state index contributed by atoms with van der Waals surface area (Å²) in [7, 11) is 0. The quantitative estimate of drug-likeness (QED) is 0.295. The topological polar surface area (TPSA) is 58.6 Å². The molecule has 6 heteroatoms. The zero-order chi connectivity index (χ0) is 19.4. The number of ether oxygens (including phenoxy) is 1. The van der Waals surface area contributed by atoms with Crippen LogP contribution in [0.1, 0.15) is 16.7 Å². The number of imide groups is 1. The highest BCUT2D eigenvalue weighted by molar-refractivity contribution is 14.1. The van der Waals surface area contributed by atoms with E-state index in [0.717, 1.165) is 26.0 Å². The fraction of sp³-hybridized carbons (Fsp3) is 0.143. The van der Waals surface area contributed by atoms with Gasteiger partial charge in [-0.1, -0.05) is 48.6 Å². The Hall–Kier alpha value is -2.61. The van der Waals surface area contributed by atoms with E-state index in [1.165, 1.54) is 4.90 Å². The SMILES string of the molecule is C=CCOc1ccc(/C=C2/NC(=O)N(Cc3cccc(C)c3)C2=O)cc1I. The molecule has 1 saturated heterocycles. The summed E-state index contributed by atoms with van der Waals surface area (Å²) in [6, 6.07) is 12.9. The average molecular weight is 474 g/mol. The van der Waals surface area contributed by atoms with Crippen LogP contribution in [0.3, 0.4) is 0 Å². The maximum Gasteiger partial charge on any atom is 0.329 e. The van der Waals surface area contributed by atoms with Crippen LogP contribution in [0, 0.1) is 10.5 Å². The summed E-state index contributed by atoms with van der Waals surface area (Å²) >= 11 is 2.17. The first kappa shape index (κ1) is 19.2. The normalized spacial score (nSPS) is 15.2. The van der Waals surface area contributed by atoms with Gasteiger partial charge < -0.3 is 10.1 Å². The molecular formula is C21H19IN2O3. The van der Waals surface area contributed by atoms with Crippen molar-refractivity contribution in [1.82, 2.24) is 10.2 Å². The van der Waals surface area contributed by atoms with E-state index in [-0.39, 0.29) is 18.1 Å². The molecule has 0 aromatic heterocycles. The molecule has 1 aliphatic heterocycles. The maximum atomic E-state index is 12.6. The molecule has 2 aromatic rings. The number of benzene rings is 2. The molecule has 1 N–H and O–H groups in total. The summed E-state index contributed by atoms with van der Waals surface area (Å²) in [4.78, 5) is 26.1. The smallest absolute Gasteiger partial charge is 0.329 e. The molecule has 0 spiro atoms. The van der Waals surface area contributed by atoms with Gasteiger partial charge in [0.15, 0.2) is 0 Å². The fourth-order valence-electron chi connectivity index (χ4n) is 2.75. The van der Waals surface area contributed by atoms with Crippen LogP contribution in [0.15, 0.2) is 60.8 Å². The number of nitrogens with one attached hydrogen (secondary N) is 1. The lowest BCUT2D eigenvalue weighted by Gasteiger charge is -2.12. The second kappa shape index (κ2) is 8.39. The number of urea groups is 1. The predicted octanol–water partition coefficient (Wildman–Crippen LogP) is 4.26. The minimum Gasteiger partial charge on any atom is -0.488 e. The molecule has 1 fully saturated rings. The number of hydrogen-bond acceptors (Lipinski definition) is 3. The molecule has 138 valence electrons. The molecule has 0 unspecified atom stereocenters. The van der Waals surface area contributed by atoms with Gasteiger partial charge >= 0.3 is 6.03 Å². The predicted molar refractivity (Wildman–Crippen MR) is 113 cm³/mol. The number of nitrogens with zero attached hydrogens (tertiary/aromatic N) is 1. The van der Waals surface area contributed by atoms with Crippen molar-refractivity contribution in [2.75, 3.05) is 6.61 Å². The Bertz CT molecular complexity index is 937. The van der Waals surface area contributed by atoms with Crippen LogP contribution in [-0.4, -0.2) is 23.4 Å². The number of amides is 3. The molecule has 5 nitrogen and oxygen atoms in total. The van der Waals surface area contributed by atoms with E-state index < -0.39 is 6.03 Å². The van der Waals surface area contributed by atoms with Crippen molar-refractivity contribution < 1.29 is 14.3 Å². The first-order chi connectivity index (χ1) is 13.0. The van der Waals surface area contributed by atoms with Gasteiger partial charge in [0.25, 0.3) is 5.91 Å². The highest BCUT2D eigenvalue weighted by atomic mass is 127. The van der Waals surface area contributed by atoms with Crippen molar-refractivity contribution >= 4 is 40.6 Å². The van der Waals surface area contributed by atoms with Gasteiger partial charge in [-0.15, -0.1) is 0 Å². The highest BCUT2D eigenvalue weighted by Crippen LogP contribution is 2.24. The number of hydrogen-bond donors (Lipinski definition) is 1. The van der Waals surface area contributed by atoms with Crippen LogP contribution >= 0.6 is 22.6 Å². The summed E-state index contributed by atoms with van der Waals surface area (Å²) in [5.41, 5.74) is 3.08. The largest absolute Gasteiger partial charge is 0.488 e. The lowest BCUT2D eigenvalue weighted by molar-refractivity contribution is -0.123. The molecule has 2 aromatic carbocycles. The van der Waals surface area contributed by atoms with Crippen LogP contribution in [0.25, 0.3) is 6.08 Å².